The number of rotatable bonds is 6. The van der Waals surface area contributed by atoms with Crippen LogP contribution >= 0.6 is 19.6 Å². The van der Waals surface area contributed by atoms with Crippen LogP contribution in [0.5, 0.6) is 5.75 Å². The van der Waals surface area contributed by atoms with Crippen LogP contribution in [-0.2, 0) is 13.7 Å². The molecule has 0 saturated carbocycles. The lowest BCUT2D eigenvalue weighted by Gasteiger charge is -2.13. The molecule has 0 amide bonds. The topological polar surface area (TPSA) is 100 Å². The number of nitro benzene ring substituents is 1. The molecule has 0 aromatic heterocycles. The van der Waals surface area contributed by atoms with Gasteiger partial charge in [-0.1, -0.05) is 17.3 Å². The SMILES string of the molecule is COP(=O)(O/N=C(\C)SC)Oc1ccccc1[N+](=O)[O-]. The molecule has 0 fully saturated rings. The number of phosphoric acid groups is 1. The van der Waals surface area contributed by atoms with Gasteiger partial charge in [-0.25, -0.2) is 4.57 Å². The van der Waals surface area contributed by atoms with Gasteiger partial charge >= 0.3 is 13.5 Å². The van der Waals surface area contributed by atoms with Crippen LogP contribution in [-0.4, -0.2) is 23.3 Å². The Bertz CT molecular complexity index is 564. The van der Waals surface area contributed by atoms with E-state index in [1.165, 1.54) is 36.0 Å². The molecule has 0 heterocycles. The van der Waals surface area contributed by atoms with Crippen molar-refractivity contribution in [2.24, 2.45) is 5.16 Å². The summed E-state index contributed by atoms with van der Waals surface area (Å²) in [6.45, 7) is 1.63. The van der Waals surface area contributed by atoms with E-state index in [0.29, 0.717) is 5.04 Å². The van der Waals surface area contributed by atoms with Gasteiger partial charge < -0.3 is 4.52 Å². The largest absolute Gasteiger partial charge is 0.608 e. The van der Waals surface area contributed by atoms with Gasteiger partial charge in [-0.15, -0.1) is 11.8 Å². The predicted molar refractivity (Wildman–Crippen MR) is 76.0 cm³/mol. The number of hydrogen-bond donors (Lipinski definition) is 0. The Labute approximate surface area is 119 Å². The first-order valence-electron chi connectivity index (χ1n) is 5.28. The molecule has 1 unspecified atom stereocenters. The van der Waals surface area contributed by atoms with Crippen molar-refractivity contribution >= 4 is 30.3 Å². The fourth-order valence-electron chi connectivity index (χ4n) is 1.04. The van der Waals surface area contributed by atoms with Gasteiger partial charge in [-0.3, -0.25) is 19.3 Å². The van der Waals surface area contributed by atoms with E-state index in [1.54, 1.807) is 13.2 Å². The second kappa shape index (κ2) is 7.28. The number of thioether (sulfide) groups is 1. The highest BCUT2D eigenvalue weighted by Crippen LogP contribution is 2.50. The summed E-state index contributed by atoms with van der Waals surface area (Å²) in [5, 5.41) is 14.9. The van der Waals surface area contributed by atoms with E-state index in [2.05, 4.69) is 9.68 Å². The summed E-state index contributed by atoms with van der Waals surface area (Å²) in [5.41, 5.74) is -0.348. The Kier molecular flexibility index (Phi) is 6.00. The first-order chi connectivity index (χ1) is 9.41. The van der Waals surface area contributed by atoms with Gasteiger partial charge in [0.15, 0.2) is 0 Å². The number of oxime groups is 1. The van der Waals surface area contributed by atoms with Crippen molar-refractivity contribution in [1.29, 1.82) is 0 Å². The van der Waals surface area contributed by atoms with Crippen LogP contribution in [0.3, 0.4) is 0 Å². The van der Waals surface area contributed by atoms with E-state index in [4.69, 9.17) is 9.15 Å². The van der Waals surface area contributed by atoms with Crippen LogP contribution in [0.4, 0.5) is 5.69 Å². The monoisotopic (exact) mass is 320 g/mol. The molecule has 0 bridgehead atoms. The summed E-state index contributed by atoms with van der Waals surface area (Å²) in [6.07, 6.45) is 1.75. The highest BCUT2D eigenvalue weighted by Gasteiger charge is 2.32. The maximum Gasteiger partial charge on any atom is 0.608 e. The Morgan fingerprint density at radius 1 is 1.45 bits per heavy atom. The third kappa shape index (κ3) is 4.52. The molecule has 8 nitrogen and oxygen atoms in total. The fourth-order valence-corrected chi connectivity index (χ4v) is 2.00. The molecule has 0 spiro atoms. The smallest absolute Gasteiger partial charge is 0.387 e. The highest BCUT2D eigenvalue weighted by molar-refractivity contribution is 8.13. The zero-order chi connectivity index (χ0) is 15.2. The number of para-hydroxylation sites is 2. The highest BCUT2D eigenvalue weighted by atomic mass is 32.2. The summed E-state index contributed by atoms with van der Waals surface area (Å²) >= 11 is 1.27. The van der Waals surface area contributed by atoms with Crippen molar-refractivity contribution in [3.05, 3.63) is 34.4 Å². The van der Waals surface area contributed by atoms with Crippen molar-refractivity contribution in [1.82, 2.24) is 0 Å². The van der Waals surface area contributed by atoms with Gasteiger partial charge in [0.05, 0.1) is 4.92 Å². The van der Waals surface area contributed by atoms with Crippen molar-refractivity contribution in [2.45, 2.75) is 6.92 Å². The van der Waals surface area contributed by atoms with Crippen LogP contribution < -0.4 is 4.52 Å². The van der Waals surface area contributed by atoms with E-state index in [-0.39, 0.29) is 11.4 Å². The normalized spacial score (nSPS) is 14.4. The van der Waals surface area contributed by atoms with Crippen molar-refractivity contribution in [3.8, 4) is 5.75 Å². The second-order valence-electron chi connectivity index (χ2n) is 3.34. The van der Waals surface area contributed by atoms with E-state index in [0.717, 1.165) is 7.11 Å². The maximum absolute atomic E-state index is 12.1. The molecule has 10 heteroatoms. The van der Waals surface area contributed by atoms with E-state index in [1.807, 2.05) is 0 Å². The standard InChI is InChI=1S/C10H13N2O6PS/c1-8(20-3)11-18-19(15,16-2)17-10-7-5-4-6-9(10)12(13)14/h4-7H,1-3H3/b11-8+. The summed E-state index contributed by atoms with van der Waals surface area (Å²) < 4.78 is 26.5. The fraction of sp³-hybridized carbons (Fsp3) is 0.300. The number of nitro groups is 1. The molecular weight excluding hydrogens is 307 g/mol. The number of nitrogens with zero attached hydrogens (tertiary/aromatic N) is 2. The van der Waals surface area contributed by atoms with E-state index >= 15 is 0 Å². The van der Waals surface area contributed by atoms with Crippen LogP contribution in [0.15, 0.2) is 29.4 Å². The van der Waals surface area contributed by atoms with Crippen LogP contribution in [0.25, 0.3) is 0 Å². The molecule has 0 aliphatic rings. The van der Waals surface area contributed by atoms with E-state index in [9.17, 15) is 14.7 Å². The zero-order valence-electron chi connectivity index (χ0n) is 11.0. The van der Waals surface area contributed by atoms with Gasteiger partial charge in [-0.05, 0) is 19.2 Å². The first kappa shape index (κ1) is 16.5. The predicted octanol–water partition coefficient (Wildman–Crippen LogP) is 3.44. The molecule has 1 aromatic rings. The zero-order valence-corrected chi connectivity index (χ0v) is 12.7. The summed E-state index contributed by atoms with van der Waals surface area (Å²) in [4.78, 5) is 10.2. The minimum absolute atomic E-state index is 0.223. The lowest BCUT2D eigenvalue weighted by Crippen LogP contribution is -2.00. The van der Waals surface area contributed by atoms with Crippen LogP contribution in [0.2, 0.25) is 0 Å². The lowest BCUT2D eigenvalue weighted by molar-refractivity contribution is -0.385. The molecule has 1 rings (SSSR count). The molecule has 0 aliphatic heterocycles. The average molecular weight is 320 g/mol. The Hall–Kier alpha value is -1.57. The van der Waals surface area contributed by atoms with Crippen LogP contribution in [0, 0.1) is 10.1 Å². The van der Waals surface area contributed by atoms with Crippen LogP contribution in [0.1, 0.15) is 6.92 Å². The molecule has 1 atom stereocenters. The number of phosphoric ester groups is 1. The maximum atomic E-state index is 12.1. The third-order valence-corrected chi connectivity index (χ3v) is 3.88. The van der Waals surface area contributed by atoms with Gasteiger partial charge in [0.1, 0.15) is 5.04 Å². The number of benzene rings is 1. The first-order valence-corrected chi connectivity index (χ1v) is 7.96. The van der Waals surface area contributed by atoms with Gasteiger partial charge in [0, 0.05) is 13.2 Å². The minimum atomic E-state index is -4.06. The second-order valence-corrected chi connectivity index (χ2v) is 5.95. The molecule has 110 valence electrons. The summed E-state index contributed by atoms with van der Waals surface area (Å²) in [6, 6.07) is 5.46. The van der Waals surface area contributed by atoms with Crippen molar-refractivity contribution in [3.63, 3.8) is 0 Å². The average Bonchev–Trinajstić information content (AvgIpc) is 2.45. The van der Waals surface area contributed by atoms with E-state index < -0.39 is 12.7 Å². The van der Waals surface area contributed by atoms with Gasteiger partial charge in [0.2, 0.25) is 5.75 Å². The summed E-state index contributed by atoms with van der Waals surface area (Å²) in [7, 11) is -2.96. The number of hydrogen-bond acceptors (Lipinski definition) is 8. The molecular formula is C10H13N2O6PS. The molecule has 0 radical (unpaired) electrons. The molecule has 0 N–H and O–H groups in total. The molecule has 0 saturated heterocycles. The summed E-state index contributed by atoms with van der Waals surface area (Å²) in [5.74, 6) is -0.223. The minimum Gasteiger partial charge on any atom is -0.387 e. The Morgan fingerprint density at radius 2 is 2.10 bits per heavy atom. The van der Waals surface area contributed by atoms with Crippen molar-refractivity contribution in [2.75, 3.05) is 13.4 Å². The molecule has 20 heavy (non-hydrogen) atoms. The molecule has 0 aliphatic carbocycles. The third-order valence-electron chi connectivity index (χ3n) is 2.06. The van der Waals surface area contributed by atoms with Gasteiger partial charge in [0.25, 0.3) is 0 Å². The Balaban J connectivity index is 2.99. The Morgan fingerprint density at radius 3 is 2.65 bits per heavy atom. The van der Waals surface area contributed by atoms with Gasteiger partial charge in [-0.2, -0.15) is 0 Å². The quantitative estimate of drug-likeness (QED) is 0.260. The van der Waals surface area contributed by atoms with Crippen molar-refractivity contribution < 1.29 is 23.2 Å². The lowest BCUT2D eigenvalue weighted by atomic mass is 10.3. The molecule has 1 aromatic carbocycles.